The van der Waals surface area contributed by atoms with E-state index in [0.717, 1.165) is 52.8 Å². The molecule has 0 heterocycles. The average molecular weight is 614 g/mol. The SMILES string of the molecule is COc1cccc(CN(C(=O)CN(c2cccc3ccccc23)S(C)(=O)=O)C(Cc2ccccc2)C(=O)NC2CCCC2)c1. The van der Waals surface area contributed by atoms with Crippen molar-refractivity contribution in [3.05, 3.63) is 108 Å². The molecule has 0 aromatic heterocycles. The van der Waals surface area contributed by atoms with Gasteiger partial charge in [0.15, 0.2) is 0 Å². The van der Waals surface area contributed by atoms with E-state index in [-0.39, 0.29) is 24.9 Å². The Morgan fingerprint density at radius 3 is 2.27 bits per heavy atom. The van der Waals surface area contributed by atoms with Crippen LogP contribution in [0, 0.1) is 0 Å². The number of fused-ring (bicyclic) bond motifs is 1. The fourth-order valence-corrected chi connectivity index (χ4v) is 6.77. The summed E-state index contributed by atoms with van der Waals surface area (Å²) in [5.74, 6) is -0.0971. The largest absolute Gasteiger partial charge is 0.497 e. The Bertz CT molecular complexity index is 1700. The minimum absolute atomic E-state index is 0.0535. The number of carbonyl (C=O) groups is 2. The Morgan fingerprint density at radius 2 is 1.55 bits per heavy atom. The zero-order valence-corrected chi connectivity index (χ0v) is 26.0. The van der Waals surface area contributed by atoms with Crippen LogP contribution in [0.5, 0.6) is 5.75 Å². The second-order valence-corrected chi connectivity index (χ2v) is 13.2. The zero-order valence-electron chi connectivity index (χ0n) is 25.2. The number of nitrogens with one attached hydrogen (secondary N) is 1. The van der Waals surface area contributed by atoms with Crippen LogP contribution in [0.4, 0.5) is 5.69 Å². The molecule has 1 unspecified atom stereocenters. The van der Waals surface area contributed by atoms with Crippen molar-refractivity contribution in [1.29, 1.82) is 0 Å². The molecule has 1 aliphatic rings. The summed E-state index contributed by atoms with van der Waals surface area (Å²) in [6.07, 6.45) is 5.28. The molecule has 44 heavy (non-hydrogen) atoms. The van der Waals surface area contributed by atoms with E-state index in [9.17, 15) is 18.0 Å². The van der Waals surface area contributed by atoms with Gasteiger partial charge in [-0.25, -0.2) is 8.42 Å². The molecule has 1 saturated carbocycles. The van der Waals surface area contributed by atoms with E-state index in [1.165, 1.54) is 4.90 Å². The number of amides is 2. The van der Waals surface area contributed by atoms with Crippen LogP contribution in [0.3, 0.4) is 0 Å². The predicted octanol–water partition coefficient (Wildman–Crippen LogP) is 5.31. The lowest BCUT2D eigenvalue weighted by atomic mass is 10.0. The lowest BCUT2D eigenvalue weighted by Gasteiger charge is -2.34. The van der Waals surface area contributed by atoms with Crippen LogP contribution in [0.15, 0.2) is 97.1 Å². The van der Waals surface area contributed by atoms with Gasteiger partial charge in [0.2, 0.25) is 21.8 Å². The summed E-state index contributed by atoms with van der Waals surface area (Å²) in [4.78, 5) is 30.0. The summed E-state index contributed by atoms with van der Waals surface area (Å²) < 4.78 is 33.1. The number of benzene rings is 4. The van der Waals surface area contributed by atoms with Crippen molar-refractivity contribution in [3.63, 3.8) is 0 Å². The number of sulfonamides is 1. The molecule has 4 aromatic carbocycles. The molecule has 8 nitrogen and oxygen atoms in total. The van der Waals surface area contributed by atoms with Gasteiger partial charge in [-0.1, -0.05) is 91.7 Å². The topological polar surface area (TPSA) is 96.0 Å². The maximum atomic E-state index is 14.5. The quantitative estimate of drug-likeness (QED) is 0.234. The Balaban J connectivity index is 1.55. The van der Waals surface area contributed by atoms with Crippen molar-refractivity contribution in [2.45, 2.75) is 50.7 Å². The maximum Gasteiger partial charge on any atom is 0.244 e. The van der Waals surface area contributed by atoms with Crippen LogP contribution in [0.1, 0.15) is 36.8 Å². The van der Waals surface area contributed by atoms with E-state index >= 15 is 0 Å². The van der Waals surface area contributed by atoms with Gasteiger partial charge in [-0.15, -0.1) is 0 Å². The van der Waals surface area contributed by atoms with E-state index in [0.29, 0.717) is 16.8 Å². The summed E-state index contributed by atoms with van der Waals surface area (Å²) in [7, 11) is -2.31. The highest BCUT2D eigenvalue weighted by molar-refractivity contribution is 7.92. The standard InChI is InChI=1S/C35H39N3O5S/c1-43-30-19-10-14-27(22-30)24-37(33(23-26-12-4-3-5-13-26)35(40)36-29-17-7-8-18-29)34(39)25-38(44(2,41)42)32-21-11-16-28-15-6-9-20-31(28)32/h3-6,9-16,19-22,29,33H,7-8,17-18,23-25H2,1-2H3,(H,36,40). The zero-order chi connectivity index (χ0) is 31.1. The second-order valence-electron chi connectivity index (χ2n) is 11.3. The number of ether oxygens (including phenoxy) is 1. The molecular formula is C35H39N3O5S. The number of methoxy groups -OCH3 is 1. The van der Waals surface area contributed by atoms with Gasteiger partial charge < -0.3 is 15.0 Å². The highest BCUT2D eigenvalue weighted by atomic mass is 32.2. The molecular weight excluding hydrogens is 574 g/mol. The Kier molecular flexibility index (Phi) is 9.85. The van der Waals surface area contributed by atoms with E-state index in [1.54, 1.807) is 19.2 Å². The second kappa shape index (κ2) is 13.9. The van der Waals surface area contributed by atoms with Gasteiger partial charge in [-0.05, 0) is 47.6 Å². The van der Waals surface area contributed by atoms with Crippen LogP contribution in [0.25, 0.3) is 10.8 Å². The monoisotopic (exact) mass is 613 g/mol. The molecule has 1 fully saturated rings. The molecule has 5 rings (SSSR count). The molecule has 9 heteroatoms. The molecule has 0 aliphatic heterocycles. The van der Waals surface area contributed by atoms with Crippen LogP contribution in [-0.2, 0) is 32.6 Å². The lowest BCUT2D eigenvalue weighted by Crippen LogP contribution is -2.54. The summed E-state index contributed by atoms with van der Waals surface area (Å²) >= 11 is 0. The smallest absolute Gasteiger partial charge is 0.244 e. The first kappa shape index (κ1) is 31.1. The Hall–Kier alpha value is -4.37. The van der Waals surface area contributed by atoms with Gasteiger partial charge in [-0.2, -0.15) is 0 Å². The third kappa shape index (κ3) is 7.58. The first-order chi connectivity index (χ1) is 21.2. The number of anilines is 1. The lowest BCUT2D eigenvalue weighted by molar-refractivity contribution is -0.140. The van der Waals surface area contributed by atoms with Gasteiger partial charge >= 0.3 is 0 Å². The predicted molar refractivity (Wildman–Crippen MR) is 174 cm³/mol. The molecule has 1 atom stereocenters. The van der Waals surface area contributed by atoms with Gasteiger partial charge in [0.05, 0.1) is 19.1 Å². The third-order valence-electron chi connectivity index (χ3n) is 8.17. The van der Waals surface area contributed by atoms with Crippen molar-refractivity contribution < 1.29 is 22.7 Å². The molecule has 0 saturated heterocycles. The van der Waals surface area contributed by atoms with E-state index < -0.39 is 28.5 Å². The van der Waals surface area contributed by atoms with E-state index in [1.807, 2.05) is 84.9 Å². The van der Waals surface area contributed by atoms with Crippen molar-refractivity contribution >= 4 is 38.3 Å². The molecule has 0 radical (unpaired) electrons. The summed E-state index contributed by atoms with van der Waals surface area (Å²) in [5.41, 5.74) is 2.08. The maximum absolute atomic E-state index is 14.5. The highest BCUT2D eigenvalue weighted by Gasteiger charge is 2.34. The van der Waals surface area contributed by atoms with E-state index in [4.69, 9.17) is 4.74 Å². The summed E-state index contributed by atoms with van der Waals surface area (Å²) in [5, 5.41) is 4.77. The molecule has 0 bridgehead atoms. The molecule has 0 spiro atoms. The fourth-order valence-electron chi connectivity index (χ4n) is 5.91. The van der Waals surface area contributed by atoms with Crippen molar-refractivity contribution in [2.75, 3.05) is 24.2 Å². The Morgan fingerprint density at radius 1 is 0.886 bits per heavy atom. The van der Waals surface area contributed by atoms with Crippen LogP contribution < -0.4 is 14.4 Å². The number of carbonyl (C=O) groups excluding carboxylic acids is 2. The molecule has 4 aromatic rings. The van der Waals surface area contributed by atoms with Crippen LogP contribution in [-0.4, -0.2) is 57.1 Å². The number of hydrogen-bond donors (Lipinski definition) is 1. The van der Waals surface area contributed by atoms with Crippen LogP contribution >= 0.6 is 0 Å². The van der Waals surface area contributed by atoms with Crippen molar-refractivity contribution in [2.24, 2.45) is 0 Å². The first-order valence-electron chi connectivity index (χ1n) is 14.9. The number of hydrogen-bond acceptors (Lipinski definition) is 5. The first-order valence-corrected chi connectivity index (χ1v) is 16.8. The normalized spacial score (nSPS) is 14.2. The number of rotatable bonds is 12. The highest BCUT2D eigenvalue weighted by Crippen LogP contribution is 2.29. The van der Waals surface area contributed by atoms with Gasteiger partial charge in [-0.3, -0.25) is 13.9 Å². The molecule has 1 N–H and O–H groups in total. The van der Waals surface area contributed by atoms with Gasteiger partial charge in [0.1, 0.15) is 18.3 Å². The van der Waals surface area contributed by atoms with E-state index in [2.05, 4.69) is 5.32 Å². The molecule has 1 aliphatic carbocycles. The van der Waals surface area contributed by atoms with Crippen molar-refractivity contribution in [3.8, 4) is 5.75 Å². The van der Waals surface area contributed by atoms with Gasteiger partial charge in [0, 0.05) is 24.4 Å². The minimum Gasteiger partial charge on any atom is -0.497 e. The average Bonchev–Trinajstić information content (AvgIpc) is 3.54. The van der Waals surface area contributed by atoms with Crippen molar-refractivity contribution in [1.82, 2.24) is 10.2 Å². The Labute approximate surface area is 259 Å². The molecule has 230 valence electrons. The molecule has 2 amide bonds. The summed E-state index contributed by atoms with van der Waals surface area (Å²) in [6, 6.07) is 29.0. The number of nitrogens with zero attached hydrogens (tertiary/aromatic N) is 2. The summed E-state index contributed by atoms with van der Waals surface area (Å²) in [6.45, 7) is -0.364. The van der Waals surface area contributed by atoms with Gasteiger partial charge in [0.25, 0.3) is 0 Å². The fraction of sp³-hybridized carbons (Fsp3) is 0.314. The van der Waals surface area contributed by atoms with Crippen LogP contribution in [0.2, 0.25) is 0 Å². The minimum atomic E-state index is -3.88. The third-order valence-corrected chi connectivity index (χ3v) is 9.30.